The van der Waals surface area contributed by atoms with Gasteiger partial charge in [0.1, 0.15) is 17.4 Å². The molecule has 7 nitrogen and oxygen atoms in total. The van der Waals surface area contributed by atoms with Gasteiger partial charge in [-0.15, -0.1) is 11.3 Å². The number of pyridine rings is 1. The van der Waals surface area contributed by atoms with Crippen LogP contribution in [0.3, 0.4) is 0 Å². The maximum atomic E-state index is 11.0. The molecule has 4 rings (SSSR count). The van der Waals surface area contributed by atoms with E-state index in [1.807, 2.05) is 36.6 Å². The Bertz CT molecular complexity index is 1140. The molecule has 146 valence electrons. The fourth-order valence-electron chi connectivity index (χ4n) is 2.84. The van der Waals surface area contributed by atoms with Crippen molar-refractivity contribution in [2.24, 2.45) is 0 Å². The van der Waals surface area contributed by atoms with Gasteiger partial charge in [0, 0.05) is 35.1 Å². The number of aryl methyl sites for hydroxylation is 1. The maximum Gasteiger partial charge on any atom is 0.338 e. The summed E-state index contributed by atoms with van der Waals surface area (Å²) in [6.45, 7) is 2.89. The Morgan fingerprint density at radius 1 is 1.28 bits per heavy atom. The van der Waals surface area contributed by atoms with Crippen molar-refractivity contribution in [1.82, 2.24) is 19.7 Å². The third-order valence-electron chi connectivity index (χ3n) is 4.20. The molecule has 0 spiro atoms. The summed E-state index contributed by atoms with van der Waals surface area (Å²) in [5.41, 5.74) is 4.07. The molecule has 0 saturated carbocycles. The van der Waals surface area contributed by atoms with Crippen molar-refractivity contribution in [3.63, 3.8) is 0 Å². The zero-order valence-corrected chi connectivity index (χ0v) is 16.5. The number of carboxylic acid groups (broad SMARTS) is 1. The standard InChI is InChI=1S/C21H18N4O3S/c1-14-5-16(7-18(6-14)28-12-15-3-2-4-22-8-15)19-13-29-20(24-19)11-25-10-17(9-23-25)21(26)27/h2-10,13H,11-12H2,1H3,(H,26,27). The van der Waals surface area contributed by atoms with E-state index < -0.39 is 5.97 Å². The maximum absolute atomic E-state index is 11.0. The van der Waals surface area contributed by atoms with Crippen LogP contribution < -0.4 is 4.74 Å². The topological polar surface area (TPSA) is 90.1 Å². The molecule has 0 unspecified atom stereocenters. The number of nitrogens with zero attached hydrogens (tertiary/aromatic N) is 4. The highest BCUT2D eigenvalue weighted by Crippen LogP contribution is 2.28. The lowest BCUT2D eigenvalue weighted by molar-refractivity contribution is 0.0696. The first kappa shape index (κ1) is 18.8. The largest absolute Gasteiger partial charge is 0.489 e. The Balaban J connectivity index is 1.49. The second-order valence-corrected chi connectivity index (χ2v) is 7.49. The molecular formula is C21H18N4O3S. The molecule has 0 radical (unpaired) electrons. The summed E-state index contributed by atoms with van der Waals surface area (Å²) in [6.07, 6.45) is 6.36. The molecule has 0 saturated heterocycles. The minimum atomic E-state index is -0.991. The molecule has 0 bridgehead atoms. The smallest absolute Gasteiger partial charge is 0.338 e. The molecule has 1 N–H and O–H groups in total. The van der Waals surface area contributed by atoms with Crippen LogP contribution in [0.25, 0.3) is 11.3 Å². The Morgan fingerprint density at radius 2 is 2.17 bits per heavy atom. The van der Waals surface area contributed by atoms with Crippen molar-refractivity contribution in [2.45, 2.75) is 20.1 Å². The SMILES string of the molecule is Cc1cc(OCc2cccnc2)cc(-c2csc(Cn3cc(C(=O)O)cn3)n2)c1. The van der Waals surface area contributed by atoms with Crippen LogP contribution >= 0.6 is 11.3 Å². The highest BCUT2D eigenvalue weighted by atomic mass is 32.1. The number of rotatable bonds is 7. The predicted octanol–water partition coefficient (Wildman–Crippen LogP) is 4.04. The number of hydrogen-bond acceptors (Lipinski definition) is 6. The summed E-state index contributed by atoms with van der Waals surface area (Å²) in [7, 11) is 0. The van der Waals surface area contributed by atoms with Crippen LogP contribution in [0.4, 0.5) is 0 Å². The molecule has 3 heterocycles. The van der Waals surface area contributed by atoms with E-state index in [1.54, 1.807) is 17.1 Å². The Kier molecular flexibility index (Phi) is 5.35. The van der Waals surface area contributed by atoms with Crippen LogP contribution in [-0.2, 0) is 13.2 Å². The highest BCUT2D eigenvalue weighted by Gasteiger charge is 2.10. The summed E-state index contributed by atoms with van der Waals surface area (Å²) in [5.74, 6) is -0.216. The van der Waals surface area contributed by atoms with Gasteiger partial charge in [-0.1, -0.05) is 6.07 Å². The molecule has 1 aromatic carbocycles. The molecule has 0 aliphatic heterocycles. The zero-order valence-electron chi connectivity index (χ0n) is 15.6. The number of hydrogen-bond donors (Lipinski definition) is 1. The van der Waals surface area contributed by atoms with E-state index in [9.17, 15) is 4.79 Å². The molecule has 0 aliphatic rings. The molecule has 0 fully saturated rings. The van der Waals surface area contributed by atoms with E-state index in [-0.39, 0.29) is 5.56 Å². The number of ether oxygens (including phenoxy) is 1. The average Bonchev–Trinajstić information content (AvgIpc) is 3.37. The van der Waals surface area contributed by atoms with Gasteiger partial charge in [0.2, 0.25) is 0 Å². The molecule has 3 aromatic heterocycles. The first-order valence-electron chi connectivity index (χ1n) is 8.91. The van der Waals surface area contributed by atoms with E-state index in [1.165, 1.54) is 23.7 Å². The van der Waals surface area contributed by atoms with Gasteiger partial charge in [-0.2, -0.15) is 5.10 Å². The van der Waals surface area contributed by atoms with E-state index in [0.29, 0.717) is 13.2 Å². The lowest BCUT2D eigenvalue weighted by atomic mass is 10.1. The van der Waals surface area contributed by atoms with Crippen molar-refractivity contribution in [3.8, 4) is 17.0 Å². The average molecular weight is 406 g/mol. The predicted molar refractivity (Wildman–Crippen MR) is 109 cm³/mol. The Hall–Kier alpha value is -3.52. The van der Waals surface area contributed by atoms with E-state index in [2.05, 4.69) is 21.1 Å². The number of thiazole rings is 1. The zero-order chi connectivity index (χ0) is 20.2. The number of carboxylic acids is 1. The molecular weight excluding hydrogens is 388 g/mol. The fraction of sp³-hybridized carbons (Fsp3) is 0.143. The van der Waals surface area contributed by atoms with Crippen molar-refractivity contribution >= 4 is 17.3 Å². The lowest BCUT2D eigenvalue weighted by Crippen LogP contribution is -2.00. The number of carbonyl (C=O) groups is 1. The monoisotopic (exact) mass is 406 g/mol. The van der Waals surface area contributed by atoms with Crippen LogP contribution in [0.15, 0.2) is 60.5 Å². The van der Waals surface area contributed by atoms with Crippen LogP contribution in [0.2, 0.25) is 0 Å². The van der Waals surface area contributed by atoms with E-state index in [4.69, 9.17) is 9.84 Å². The summed E-state index contributed by atoms with van der Waals surface area (Å²) in [4.78, 5) is 19.8. The third-order valence-corrected chi connectivity index (χ3v) is 5.04. The van der Waals surface area contributed by atoms with Crippen LogP contribution in [0, 0.1) is 6.92 Å². The number of aromatic carboxylic acids is 1. The quantitative estimate of drug-likeness (QED) is 0.498. The van der Waals surface area contributed by atoms with Gasteiger partial charge in [-0.05, 0) is 36.8 Å². The number of aromatic nitrogens is 4. The van der Waals surface area contributed by atoms with Gasteiger partial charge in [0.05, 0.1) is 24.0 Å². The summed E-state index contributed by atoms with van der Waals surface area (Å²) >= 11 is 1.51. The molecule has 0 aliphatic carbocycles. The summed E-state index contributed by atoms with van der Waals surface area (Å²) in [5, 5.41) is 15.9. The minimum absolute atomic E-state index is 0.163. The van der Waals surface area contributed by atoms with Crippen molar-refractivity contribution in [1.29, 1.82) is 0 Å². The molecule has 0 amide bonds. The fourth-order valence-corrected chi connectivity index (χ4v) is 3.64. The second kappa shape index (κ2) is 8.24. The summed E-state index contributed by atoms with van der Waals surface area (Å²) < 4.78 is 7.50. The third kappa shape index (κ3) is 4.67. The van der Waals surface area contributed by atoms with Gasteiger partial charge in [-0.3, -0.25) is 9.67 Å². The van der Waals surface area contributed by atoms with Crippen LogP contribution in [-0.4, -0.2) is 30.8 Å². The van der Waals surface area contributed by atoms with E-state index in [0.717, 1.165) is 33.1 Å². The Morgan fingerprint density at radius 3 is 2.93 bits per heavy atom. The highest BCUT2D eigenvalue weighted by molar-refractivity contribution is 7.09. The first-order chi connectivity index (χ1) is 14.1. The molecule has 0 atom stereocenters. The molecule has 8 heteroatoms. The van der Waals surface area contributed by atoms with Gasteiger partial charge >= 0.3 is 5.97 Å². The van der Waals surface area contributed by atoms with E-state index >= 15 is 0 Å². The molecule has 4 aromatic rings. The summed E-state index contributed by atoms with van der Waals surface area (Å²) in [6, 6.07) is 9.88. The minimum Gasteiger partial charge on any atom is -0.489 e. The number of benzene rings is 1. The molecule has 29 heavy (non-hydrogen) atoms. The first-order valence-corrected chi connectivity index (χ1v) is 9.79. The van der Waals surface area contributed by atoms with Crippen molar-refractivity contribution in [2.75, 3.05) is 0 Å². The van der Waals surface area contributed by atoms with Crippen LogP contribution in [0.5, 0.6) is 5.75 Å². The van der Waals surface area contributed by atoms with Gasteiger partial charge in [-0.25, -0.2) is 9.78 Å². The van der Waals surface area contributed by atoms with Crippen molar-refractivity contribution < 1.29 is 14.6 Å². The van der Waals surface area contributed by atoms with Crippen LogP contribution in [0.1, 0.15) is 26.5 Å². The lowest BCUT2D eigenvalue weighted by Gasteiger charge is -2.09. The van der Waals surface area contributed by atoms with Crippen molar-refractivity contribution in [3.05, 3.63) is 82.2 Å². The van der Waals surface area contributed by atoms with Gasteiger partial charge in [0.25, 0.3) is 0 Å². The normalized spacial score (nSPS) is 10.8. The second-order valence-electron chi connectivity index (χ2n) is 6.54. The Labute approximate surface area is 171 Å². The van der Waals surface area contributed by atoms with Gasteiger partial charge < -0.3 is 9.84 Å². The van der Waals surface area contributed by atoms with Gasteiger partial charge in [0.15, 0.2) is 0 Å².